The average Bonchev–Trinajstić information content (AvgIpc) is 2.20. The summed E-state index contributed by atoms with van der Waals surface area (Å²) in [6, 6.07) is 1.46. The second-order valence-electron chi connectivity index (χ2n) is 3.73. The van der Waals surface area contributed by atoms with E-state index in [4.69, 9.17) is 0 Å². The maximum Gasteiger partial charge on any atom is 0.129 e. The first-order valence-corrected chi connectivity index (χ1v) is 4.97. The van der Waals surface area contributed by atoms with Crippen molar-refractivity contribution in [3.8, 4) is 0 Å². The smallest absolute Gasteiger partial charge is 0.129 e. The van der Waals surface area contributed by atoms with Gasteiger partial charge in [0.25, 0.3) is 0 Å². The summed E-state index contributed by atoms with van der Waals surface area (Å²) in [6.07, 6.45) is 9.23. The van der Waals surface area contributed by atoms with Crippen LogP contribution in [0, 0.1) is 5.82 Å². The average molecular weight is 179 g/mol. The van der Waals surface area contributed by atoms with Gasteiger partial charge >= 0.3 is 0 Å². The van der Waals surface area contributed by atoms with Crippen molar-refractivity contribution in [2.45, 2.75) is 38.0 Å². The largest absolute Gasteiger partial charge is 0.264 e. The van der Waals surface area contributed by atoms with Crippen LogP contribution in [-0.2, 0) is 0 Å². The number of hydrogen-bond acceptors (Lipinski definition) is 1. The second-order valence-corrected chi connectivity index (χ2v) is 3.73. The first kappa shape index (κ1) is 8.67. The standard InChI is InChI=1S/C11H14FN/c12-11-6-7-13-8-10(11)9-4-2-1-3-5-9/h6-9H,1-5H2. The minimum absolute atomic E-state index is 0.0816. The van der Waals surface area contributed by atoms with E-state index in [0.717, 1.165) is 18.4 Å². The molecule has 0 radical (unpaired) electrons. The van der Waals surface area contributed by atoms with Crippen LogP contribution in [-0.4, -0.2) is 4.98 Å². The van der Waals surface area contributed by atoms with Gasteiger partial charge in [0.15, 0.2) is 0 Å². The third-order valence-corrected chi connectivity index (χ3v) is 2.84. The van der Waals surface area contributed by atoms with Crippen molar-refractivity contribution in [1.29, 1.82) is 0 Å². The van der Waals surface area contributed by atoms with Crippen molar-refractivity contribution in [2.24, 2.45) is 0 Å². The van der Waals surface area contributed by atoms with E-state index >= 15 is 0 Å². The molecule has 0 aliphatic heterocycles. The van der Waals surface area contributed by atoms with Gasteiger partial charge in [-0.25, -0.2) is 4.39 Å². The molecule has 1 heterocycles. The molecule has 1 aromatic rings. The molecule has 70 valence electrons. The predicted octanol–water partition coefficient (Wildman–Crippen LogP) is 3.27. The molecule has 1 fully saturated rings. The van der Waals surface area contributed by atoms with Crippen molar-refractivity contribution in [3.05, 3.63) is 29.8 Å². The normalized spacial score (nSPS) is 18.8. The zero-order valence-corrected chi connectivity index (χ0v) is 7.67. The molecule has 1 nitrogen and oxygen atoms in total. The highest BCUT2D eigenvalue weighted by Gasteiger charge is 2.18. The molecule has 0 bridgehead atoms. The molecule has 2 rings (SSSR count). The van der Waals surface area contributed by atoms with Gasteiger partial charge in [-0.3, -0.25) is 4.98 Å². The van der Waals surface area contributed by atoms with Crippen LogP contribution in [0.4, 0.5) is 4.39 Å². The molecule has 0 amide bonds. The van der Waals surface area contributed by atoms with Gasteiger partial charge < -0.3 is 0 Å². The molecule has 1 aromatic heterocycles. The summed E-state index contributed by atoms with van der Waals surface area (Å²) in [7, 11) is 0. The van der Waals surface area contributed by atoms with E-state index in [1.807, 2.05) is 0 Å². The van der Waals surface area contributed by atoms with Crippen molar-refractivity contribution in [1.82, 2.24) is 4.98 Å². The lowest BCUT2D eigenvalue weighted by molar-refractivity contribution is 0.428. The zero-order valence-electron chi connectivity index (χ0n) is 7.67. The topological polar surface area (TPSA) is 12.9 Å². The molecule has 0 unspecified atom stereocenters. The highest BCUT2D eigenvalue weighted by atomic mass is 19.1. The van der Waals surface area contributed by atoms with E-state index in [9.17, 15) is 4.39 Å². The summed E-state index contributed by atoms with van der Waals surface area (Å²) in [4.78, 5) is 3.98. The van der Waals surface area contributed by atoms with Crippen molar-refractivity contribution in [2.75, 3.05) is 0 Å². The van der Waals surface area contributed by atoms with Gasteiger partial charge in [-0.15, -0.1) is 0 Å². The highest BCUT2D eigenvalue weighted by Crippen LogP contribution is 2.33. The van der Waals surface area contributed by atoms with E-state index in [0.29, 0.717) is 5.92 Å². The van der Waals surface area contributed by atoms with Gasteiger partial charge in [0.2, 0.25) is 0 Å². The van der Waals surface area contributed by atoms with Crippen LogP contribution in [0.5, 0.6) is 0 Å². The number of pyridine rings is 1. The Hall–Kier alpha value is -0.920. The SMILES string of the molecule is Fc1ccncc1C1CCCCC1. The molecule has 2 heteroatoms. The van der Waals surface area contributed by atoms with Gasteiger partial charge in [0.1, 0.15) is 5.82 Å². The lowest BCUT2D eigenvalue weighted by Gasteiger charge is -2.21. The molecular formula is C11H14FN. The van der Waals surface area contributed by atoms with Crippen LogP contribution in [0.15, 0.2) is 18.5 Å². The number of halogens is 1. The summed E-state index contributed by atoms with van der Waals surface area (Å²) in [5.74, 6) is 0.337. The van der Waals surface area contributed by atoms with Gasteiger partial charge in [0.05, 0.1) is 0 Å². The fourth-order valence-corrected chi connectivity index (χ4v) is 2.10. The fourth-order valence-electron chi connectivity index (χ4n) is 2.10. The van der Waals surface area contributed by atoms with Crippen LogP contribution in [0.25, 0.3) is 0 Å². The molecule has 1 aliphatic rings. The molecule has 0 atom stereocenters. The minimum atomic E-state index is -0.0816. The molecule has 0 spiro atoms. The first-order valence-electron chi connectivity index (χ1n) is 4.97. The summed E-state index contributed by atoms with van der Waals surface area (Å²) in [6.45, 7) is 0. The fraction of sp³-hybridized carbons (Fsp3) is 0.545. The van der Waals surface area contributed by atoms with E-state index in [2.05, 4.69) is 4.98 Å². The maximum absolute atomic E-state index is 13.3. The molecule has 0 aromatic carbocycles. The third-order valence-electron chi connectivity index (χ3n) is 2.84. The number of rotatable bonds is 1. The van der Waals surface area contributed by atoms with Crippen LogP contribution in [0.2, 0.25) is 0 Å². The summed E-state index contributed by atoms with van der Waals surface area (Å²) < 4.78 is 13.3. The van der Waals surface area contributed by atoms with Gasteiger partial charge in [-0.1, -0.05) is 19.3 Å². The van der Waals surface area contributed by atoms with E-state index in [1.165, 1.54) is 31.5 Å². The van der Waals surface area contributed by atoms with E-state index in [1.54, 1.807) is 6.20 Å². The van der Waals surface area contributed by atoms with Crippen LogP contribution < -0.4 is 0 Å². The minimum Gasteiger partial charge on any atom is -0.264 e. The lowest BCUT2D eigenvalue weighted by atomic mass is 9.85. The number of hydrogen-bond donors (Lipinski definition) is 0. The number of nitrogens with zero attached hydrogens (tertiary/aromatic N) is 1. The Morgan fingerprint density at radius 3 is 2.69 bits per heavy atom. The third kappa shape index (κ3) is 1.87. The van der Waals surface area contributed by atoms with Crippen molar-refractivity contribution >= 4 is 0 Å². The first-order chi connectivity index (χ1) is 6.38. The van der Waals surface area contributed by atoms with E-state index < -0.39 is 0 Å². The Kier molecular flexibility index (Phi) is 2.57. The van der Waals surface area contributed by atoms with Crippen LogP contribution in [0.1, 0.15) is 43.6 Å². The summed E-state index contributed by atoms with van der Waals surface area (Å²) in [5.41, 5.74) is 0.821. The summed E-state index contributed by atoms with van der Waals surface area (Å²) in [5, 5.41) is 0. The van der Waals surface area contributed by atoms with Crippen molar-refractivity contribution in [3.63, 3.8) is 0 Å². The van der Waals surface area contributed by atoms with Gasteiger partial charge in [0, 0.05) is 18.0 Å². The highest BCUT2D eigenvalue weighted by molar-refractivity contribution is 5.17. The second kappa shape index (κ2) is 3.86. The molecular weight excluding hydrogens is 165 g/mol. The monoisotopic (exact) mass is 179 g/mol. The number of aromatic nitrogens is 1. The molecule has 1 aliphatic carbocycles. The van der Waals surface area contributed by atoms with Crippen LogP contribution >= 0.6 is 0 Å². The molecule has 0 N–H and O–H groups in total. The Morgan fingerprint density at radius 2 is 2.00 bits per heavy atom. The van der Waals surface area contributed by atoms with Crippen molar-refractivity contribution < 1.29 is 4.39 Å². The van der Waals surface area contributed by atoms with Gasteiger partial charge in [-0.2, -0.15) is 0 Å². The quantitative estimate of drug-likeness (QED) is 0.644. The summed E-state index contributed by atoms with van der Waals surface area (Å²) >= 11 is 0. The molecule has 1 saturated carbocycles. The lowest BCUT2D eigenvalue weighted by Crippen LogP contribution is -2.06. The van der Waals surface area contributed by atoms with E-state index in [-0.39, 0.29) is 5.82 Å². The predicted molar refractivity (Wildman–Crippen MR) is 50.0 cm³/mol. The zero-order chi connectivity index (χ0) is 9.10. The molecule has 0 saturated heterocycles. The maximum atomic E-state index is 13.3. The van der Waals surface area contributed by atoms with Crippen LogP contribution in [0.3, 0.4) is 0 Å². The Balaban J connectivity index is 2.18. The molecule has 13 heavy (non-hydrogen) atoms. The Bertz CT molecular complexity index is 279. The Morgan fingerprint density at radius 1 is 1.23 bits per heavy atom. The Labute approximate surface area is 78.0 Å². The van der Waals surface area contributed by atoms with Gasteiger partial charge in [-0.05, 0) is 24.8 Å².